The van der Waals surface area contributed by atoms with E-state index in [0.717, 1.165) is 28.6 Å². The molecule has 0 aliphatic carbocycles. The van der Waals surface area contributed by atoms with Crippen molar-refractivity contribution in [1.29, 1.82) is 0 Å². The first kappa shape index (κ1) is 20.3. The monoisotopic (exact) mass is 450 g/mol. The number of rotatable bonds is 1. The van der Waals surface area contributed by atoms with Crippen LogP contribution in [0.2, 0.25) is 0 Å². The Hall–Kier alpha value is -3.30. The van der Waals surface area contributed by atoms with Gasteiger partial charge < -0.3 is 19.4 Å². The van der Waals surface area contributed by atoms with Gasteiger partial charge in [0.1, 0.15) is 12.4 Å². The number of halogens is 1. The van der Waals surface area contributed by atoms with Crippen molar-refractivity contribution in [3.8, 4) is 11.4 Å². The number of aryl methyl sites for hydroxylation is 1. The molecule has 33 heavy (non-hydrogen) atoms. The van der Waals surface area contributed by atoms with Gasteiger partial charge in [0, 0.05) is 29.1 Å². The third-order valence-corrected chi connectivity index (χ3v) is 7.39. The summed E-state index contributed by atoms with van der Waals surface area (Å²) >= 11 is 0. The van der Waals surface area contributed by atoms with Gasteiger partial charge in [-0.3, -0.25) is 4.79 Å². The number of ether oxygens (including phenoxy) is 1. The van der Waals surface area contributed by atoms with Crippen LogP contribution in [0, 0.1) is 12.7 Å². The van der Waals surface area contributed by atoms with Crippen molar-refractivity contribution < 1.29 is 19.0 Å². The second-order valence-electron chi connectivity index (χ2n) is 9.04. The number of esters is 1. The third-order valence-electron chi connectivity index (χ3n) is 7.39. The normalized spacial score (nSPS) is 20.9. The lowest BCUT2D eigenvalue weighted by molar-refractivity contribution is -0.172. The van der Waals surface area contributed by atoms with E-state index in [1.165, 1.54) is 6.07 Å². The first-order chi connectivity index (χ1) is 15.8. The maximum absolute atomic E-state index is 14.8. The van der Waals surface area contributed by atoms with E-state index in [1.54, 1.807) is 29.5 Å². The summed E-state index contributed by atoms with van der Waals surface area (Å²) in [7, 11) is 0. The summed E-state index contributed by atoms with van der Waals surface area (Å²) in [4.78, 5) is 30.6. The standard InChI is InChI=1S/C24H23FN4O4/c1-3-24(32)15-7-18-20-13(9-28(18)22(30)14(15)10-33-23(24)31)21-19-12(5-4-6-29(21)26)11(2)16(25)8-17(19)27-20/h7-8,32H,3-6,9-10,26H2,1-2H3/t24-/m0/s1. The summed E-state index contributed by atoms with van der Waals surface area (Å²) < 4.78 is 21.5. The molecule has 8 nitrogen and oxygen atoms in total. The molecule has 0 bridgehead atoms. The molecule has 1 aromatic carbocycles. The molecular weight excluding hydrogens is 427 g/mol. The number of pyridine rings is 2. The smallest absolute Gasteiger partial charge is 0.343 e. The van der Waals surface area contributed by atoms with Crippen LogP contribution in [-0.2, 0) is 34.7 Å². The molecule has 0 saturated heterocycles. The number of anilines is 1. The Morgan fingerprint density at radius 2 is 2.06 bits per heavy atom. The lowest BCUT2D eigenvalue weighted by Crippen LogP contribution is -2.44. The number of carbonyl (C=O) groups excluding carboxylic acids is 1. The van der Waals surface area contributed by atoms with Crippen molar-refractivity contribution in [3.63, 3.8) is 0 Å². The van der Waals surface area contributed by atoms with E-state index in [4.69, 9.17) is 15.6 Å². The van der Waals surface area contributed by atoms with Crippen molar-refractivity contribution in [3.05, 3.63) is 56.1 Å². The van der Waals surface area contributed by atoms with Crippen LogP contribution < -0.4 is 16.4 Å². The van der Waals surface area contributed by atoms with Crippen molar-refractivity contribution in [2.45, 2.75) is 51.9 Å². The molecule has 0 spiro atoms. The van der Waals surface area contributed by atoms with Crippen LogP contribution in [0.3, 0.4) is 0 Å². The highest BCUT2D eigenvalue weighted by Crippen LogP contribution is 2.45. The van der Waals surface area contributed by atoms with Gasteiger partial charge in [-0.25, -0.2) is 20.0 Å². The van der Waals surface area contributed by atoms with Crippen molar-refractivity contribution in [1.82, 2.24) is 9.55 Å². The predicted molar refractivity (Wildman–Crippen MR) is 119 cm³/mol. The van der Waals surface area contributed by atoms with Gasteiger partial charge in [-0.15, -0.1) is 0 Å². The molecule has 0 saturated carbocycles. The van der Waals surface area contributed by atoms with Crippen LogP contribution in [0.1, 0.15) is 47.6 Å². The molecule has 6 rings (SSSR count). The van der Waals surface area contributed by atoms with E-state index in [-0.39, 0.29) is 42.1 Å². The zero-order chi connectivity index (χ0) is 23.2. The van der Waals surface area contributed by atoms with E-state index in [9.17, 15) is 19.1 Å². The molecule has 9 heteroatoms. The van der Waals surface area contributed by atoms with Crippen LogP contribution >= 0.6 is 0 Å². The Kier molecular flexibility index (Phi) is 4.07. The number of nitrogens with zero attached hydrogens (tertiary/aromatic N) is 3. The lowest BCUT2D eigenvalue weighted by atomic mass is 9.86. The van der Waals surface area contributed by atoms with Crippen LogP contribution in [-0.4, -0.2) is 27.2 Å². The SMILES string of the molecule is CC[C@@]1(O)C(=O)OCc2c1cc1n(c2=O)Cc2c-1nc1cc(F)c(C)c3c1c2N(N)CCC3. The van der Waals surface area contributed by atoms with Gasteiger partial charge in [0.15, 0.2) is 5.60 Å². The molecule has 1 atom stereocenters. The molecule has 0 radical (unpaired) electrons. The van der Waals surface area contributed by atoms with Crippen molar-refractivity contribution in [2.75, 3.05) is 11.6 Å². The van der Waals surface area contributed by atoms with Gasteiger partial charge in [-0.1, -0.05) is 6.92 Å². The average Bonchev–Trinajstić information content (AvgIpc) is 3.06. The minimum Gasteiger partial charge on any atom is -0.458 e. The number of cyclic esters (lactones) is 1. The number of aliphatic hydroxyl groups is 1. The second-order valence-corrected chi connectivity index (χ2v) is 9.04. The van der Waals surface area contributed by atoms with Gasteiger partial charge >= 0.3 is 5.97 Å². The zero-order valence-corrected chi connectivity index (χ0v) is 18.4. The summed E-state index contributed by atoms with van der Waals surface area (Å²) in [6.07, 6.45) is 1.52. The highest BCUT2D eigenvalue weighted by molar-refractivity contribution is 6.00. The first-order valence-electron chi connectivity index (χ1n) is 11.1. The number of benzene rings is 1. The quantitative estimate of drug-likeness (QED) is 0.338. The second kappa shape index (κ2) is 6.61. The highest BCUT2D eigenvalue weighted by atomic mass is 19.1. The molecule has 0 fully saturated rings. The number of aromatic nitrogens is 2. The summed E-state index contributed by atoms with van der Waals surface area (Å²) in [5.41, 5.74) is 2.77. The van der Waals surface area contributed by atoms with Crippen LogP contribution in [0.15, 0.2) is 16.9 Å². The Bertz CT molecular complexity index is 1460. The molecule has 2 aromatic heterocycles. The Balaban J connectivity index is 1.70. The molecule has 3 aromatic rings. The molecule has 3 aliphatic rings. The van der Waals surface area contributed by atoms with Crippen LogP contribution in [0.5, 0.6) is 0 Å². The Labute approximate surface area is 188 Å². The van der Waals surface area contributed by atoms with E-state index in [0.29, 0.717) is 35.4 Å². The number of hydrogen-bond donors (Lipinski definition) is 2. The Morgan fingerprint density at radius 3 is 2.82 bits per heavy atom. The number of hydrogen-bond acceptors (Lipinski definition) is 7. The fourth-order valence-electron chi connectivity index (χ4n) is 5.53. The molecule has 3 N–H and O–H groups in total. The first-order valence-corrected chi connectivity index (χ1v) is 11.1. The molecule has 5 heterocycles. The van der Waals surface area contributed by atoms with E-state index >= 15 is 0 Å². The van der Waals surface area contributed by atoms with Gasteiger partial charge in [0.2, 0.25) is 0 Å². The highest BCUT2D eigenvalue weighted by Gasteiger charge is 2.45. The van der Waals surface area contributed by atoms with Gasteiger partial charge in [0.25, 0.3) is 5.56 Å². The minimum atomic E-state index is -1.90. The van der Waals surface area contributed by atoms with Crippen molar-refractivity contribution >= 4 is 22.6 Å². The van der Waals surface area contributed by atoms with Crippen LogP contribution in [0.25, 0.3) is 22.3 Å². The molecule has 0 amide bonds. The average molecular weight is 450 g/mol. The van der Waals surface area contributed by atoms with Gasteiger partial charge in [-0.2, -0.15) is 0 Å². The van der Waals surface area contributed by atoms with Crippen molar-refractivity contribution in [2.24, 2.45) is 5.84 Å². The van der Waals surface area contributed by atoms with E-state index < -0.39 is 11.6 Å². The summed E-state index contributed by atoms with van der Waals surface area (Å²) in [6, 6.07) is 3.07. The van der Waals surface area contributed by atoms with Crippen LogP contribution in [0.4, 0.5) is 10.1 Å². The third kappa shape index (κ3) is 2.49. The molecule has 0 unspecified atom stereocenters. The summed E-state index contributed by atoms with van der Waals surface area (Å²) in [5.74, 6) is 5.37. The fourth-order valence-corrected chi connectivity index (χ4v) is 5.53. The fraction of sp³-hybridized carbons (Fsp3) is 0.375. The maximum atomic E-state index is 14.8. The van der Waals surface area contributed by atoms with E-state index in [1.807, 2.05) is 0 Å². The lowest BCUT2D eigenvalue weighted by Gasteiger charge is -2.31. The number of hydrazine groups is 1. The van der Waals surface area contributed by atoms with Gasteiger partial charge in [0.05, 0.1) is 34.7 Å². The summed E-state index contributed by atoms with van der Waals surface area (Å²) in [6.45, 7) is 4.07. The maximum Gasteiger partial charge on any atom is 0.343 e. The number of carbonyl (C=O) groups is 1. The molecule has 3 aliphatic heterocycles. The minimum absolute atomic E-state index is 0.0649. The largest absolute Gasteiger partial charge is 0.458 e. The predicted octanol–water partition coefficient (Wildman–Crippen LogP) is 2.15. The number of nitrogens with two attached hydrogens (primary N) is 1. The number of fused-ring (bicyclic) bond motifs is 5. The zero-order valence-electron chi connectivity index (χ0n) is 18.4. The van der Waals surface area contributed by atoms with E-state index in [2.05, 4.69) is 0 Å². The molecular formula is C24H23FN4O4. The molecule has 170 valence electrons. The topological polar surface area (TPSA) is 111 Å². The Morgan fingerprint density at radius 1 is 1.27 bits per heavy atom. The van der Waals surface area contributed by atoms with Gasteiger partial charge in [-0.05, 0) is 43.4 Å². The summed E-state index contributed by atoms with van der Waals surface area (Å²) in [5, 5.41) is 13.5.